The Balaban J connectivity index is 2.19. The van der Waals surface area contributed by atoms with Gasteiger partial charge in [0.05, 0.1) is 5.56 Å². The number of nitrogens with two attached hydrogens (primary N) is 1. The number of hydrogen-bond acceptors (Lipinski definition) is 4. The second-order valence-corrected chi connectivity index (χ2v) is 5.18. The smallest absolute Gasteiger partial charge is 0.269 e. The molecule has 1 amide bonds. The van der Waals surface area contributed by atoms with E-state index in [9.17, 15) is 4.79 Å². The molecule has 1 aromatic carbocycles. The Labute approximate surface area is 127 Å². The van der Waals surface area contributed by atoms with Crippen LogP contribution in [0.15, 0.2) is 12.1 Å². The minimum Gasteiger partial charge on any atom is -0.487 e. The van der Waals surface area contributed by atoms with Gasteiger partial charge in [0.25, 0.3) is 5.91 Å². The van der Waals surface area contributed by atoms with E-state index in [4.69, 9.17) is 22.2 Å². The van der Waals surface area contributed by atoms with Gasteiger partial charge < -0.3 is 4.74 Å². The molecule has 6 nitrogen and oxygen atoms in total. The van der Waals surface area contributed by atoms with Crippen molar-refractivity contribution in [1.29, 1.82) is 0 Å². The van der Waals surface area contributed by atoms with Crippen LogP contribution in [-0.2, 0) is 6.61 Å². The Morgan fingerprint density at radius 3 is 2.57 bits per heavy atom. The summed E-state index contributed by atoms with van der Waals surface area (Å²) in [5.41, 5.74) is 5.51. The molecule has 0 radical (unpaired) electrons. The number of rotatable bonds is 4. The lowest BCUT2D eigenvalue weighted by atomic mass is 10.1. The lowest BCUT2D eigenvalue weighted by Gasteiger charge is -2.09. The fourth-order valence-electron chi connectivity index (χ4n) is 2.10. The Morgan fingerprint density at radius 2 is 2.00 bits per heavy atom. The normalized spacial score (nSPS) is 10.5. The number of benzene rings is 1. The van der Waals surface area contributed by atoms with Gasteiger partial charge in [0.2, 0.25) is 0 Å². The molecule has 1 heterocycles. The maximum Gasteiger partial charge on any atom is 0.269 e. The highest BCUT2D eigenvalue weighted by atomic mass is 35.5. The van der Waals surface area contributed by atoms with E-state index in [1.165, 1.54) is 0 Å². The van der Waals surface area contributed by atoms with E-state index in [1.807, 2.05) is 26.0 Å². The maximum absolute atomic E-state index is 11.7. The van der Waals surface area contributed by atoms with Crippen molar-refractivity contribution in [2.45, 2.75) is 27.4 Å². The molecule has 4 N–H and O–H groups in total. The number of aromatic amines is 1. The summed E-state index contributed by atoms with van der Waals surface area (Å²) in [6.07, 6.45) is 0. The van der Waals surface area contributed by atoms with Gasteiger partial charge in [-0.05, 0) is 44.0 Å². The van der Waals surface area contributed by atoms with Crippen molar-refractivity contribution in [3.63, 3.8) is 0 Å². The molecule has 2 aromatic rings. The molecule has 0 aliphatic rings. The summed E-state index contributed by atoms with van der Waals surface area (Å²) in [7, 11) is 0. The molecule has 0 saturated heterocycles. The predicted molar refractivity (Wildman–Crippen MR) is 80.2 cm³/mol. The number of aryl methyl sites for hydroxylation is 3. The first-order valence-corrected chi connectivity index (χ1v) is 6.76. The third kappa shape index (κ3) is 3.17. The topological polar surface area (TPSA) is 93.0 Å². The van der Waals surface area contributed by atoms with E-state index in [1.54, 1.807) is 6.92 Å². The monoisotopic (exact) mass is 308 g/mol. The van der Waals surface area contributed by atoms with Gasteiger partial charge in [-0.1, -0.05) is 11.6 Å². The highest BCUT2D eigenvalue weighted by Crippen LogP contribution is 2.26. The van der Waals surface area contributed by atoms with E-state index in [2.05, 4.69) is 15.6 Å². The molecule has 0 atom stereocenters. The summed E-state index contributed by atoms with van der Waals surface area (Å²) in [5, 5.41) is 7.55. The summed E-state index contributed by atoms with van der Waals surface area (Å²) in [6.45, 7) is 5.73. The lowest BCUT2D eigenvalue weighted by Crippen LogP contribution is -2.31. The Morgan fingerprint density at radius 1 is 1.38 bits per heavy atom. The fraction of sp³-hybridized carbons (Fsp3) is 0.286. The zero-order valence-corrected chi connectivity index (χ0v) is 12.8. The molecule has 7 heteroatoms. The number of carbonyl (C=O) groups excluding carboxylic acids is 1. The average molecular weight is 309 g/mol. The van der Waals surface area contributed by atoms with Gasteiger partial charge in [-0.25, -0.2) is 5.84 Å². The number of ether oxygens (including phenoxy) is 1. The summed E-state index contributed by atoms with van der Waals surface area (Å²) in [6, 6.07) is 3.69. The van der Waals surface area contributed by atoms with Crippen LogP contribution < -0.4 is 16.0 Å². The van der Waals surface area contributed by atoms with Gasteiger partial charge in [0.1, 0.15) is 18.1 Å². The van der Waals surface area contributed by atoms with Crippen LogP contribution in [0.2, 0.25) is 5.02 Å². The highest BCUT2D eigenvalue weighted by Gasteiger charge is 2.17. The molecule has 112 valence electrons. The molecule has 0 bridgehead atoms. The van der Waals surface area contributed by atoms with Crippen LogP contribution in [0, 0.1) is 20.8 Å². The molecule has 21 heavy (non-hydrogen) atoms. The SMILES string of the molecule is Cc1cc(OCc2n[nH]c(C)c2C(=O)NN)cc(C)c1Cl. The summed E-state index contributed by atoms with van der Waals surface area (Å²) in [5.74, 6) is 5.44. The number of nitrogen functional groups attached to an aromatic ring is 1. The number of amides is 1. The number of carbonyl (C=O) groups is 1. The van der Waals surface area contributed by atoms with Crippen LogP contribution >= 0.6 is 11.6 Å². The number of aromatic nitrogens is 2. The van der Waals surface area contributed by atoms with Gasteiger partial charge in [0, 0.05) is 10.7 Å². The third-order valence-corrected chi connectivity index (χ3v) is 3.76. The molecule has 0 aliphatic carbocycles. The number of halogens is 1. The summed E-state index contributed by atoms with van der Waals surface area (Å²) in [4.78, 5) is 11.7. The maximum atomic E-state index is 11.7. The van der Waals surface area contributed by atoms with E-state index in [0.717, 1.165) is 16.1 Å². The first-order valence-electron chi connectivity index (χ1n) is 6.38. The minimum atomic E-state index is -0.400. The van der Waals surface area contributed by atoms with Gasteiger partial charge in [0.15, 0.2) is 0 Å². The van der Waals surface area contributed by atoms with Gasteiger partial charge in [-0.2, -0.15) is 5.10 Å². The Bertz CT molecular complexity index is 659. The Kier molecular flexibility index (Phi) is 4.50. The largest absolute Gasteiger partial charge is 0.487 e. The highest BCUT2D eigenvalue weighted by molar-refractivity contribution is 6.32. The molecule has 0 aliphatic heterocycles. The minimum absolute atomic E-state index is 0.160. The van der Waals surface area contributed by atoms with Crippen LogP contribution in [-0.4, -0.2) is 16.1 Å². The van der Waals surface area contributed by atoms with Crippen LogP contribution in [0.5, 0.6) is 5.75 Å². The van der Waals surface area contributed by atoms with Crippen LogP contribution in [0.25, 0.3) is 0 Å². The van der Waals surface area contributed by atoms with Crippen molar-refractivity contribution >= 4 is 17.5 Å². The standard InChI is InChI=1S/C14H17ClN4O2/c1-7-4-10(5-8(2)13(7)15)21-6-11-12(14(20)17-16)9(3)18-19-11/h4-5H,6,16H2,1-3H3,(H,17,20)(H,18,19). The second kappa shape index (κ2) is 6.15. The summed E-state index contributed by atoms with van der Waals surface area (Å²) < 4.78 is 5.70. The molecule has 0 spiro atoms. The predicted octanol–water partition coefficient (Wildman–Crippen LogP) is 2.17. The zero-order valence-electron chi connectivity index (χ0n) is 12.1. The molecule has 2 rings (SSSR count). The molecular formula is C14H17ClN4O2. The number of nitrogens with zero attached hydrogens (tertiary/aromatic N) is 1. The van der Waals surface area contributed by atoms with Crippen molar-refractivity contribution in [2.24, 2.45) is 5.84 Å². The van der Waals surface area contributed by atoms with E-state index in [0.29, 0.717) is 22.7 Å². The number of nitrogens with one attached hydrogen (secondary N) is 2. The van der Waals surface area contributed by atoms with E-state index < -0.39 is 5.91 Å². The first kappa shape index (κ1) is 15.3. The lowest BCUT2D eigenvalue weighted by molar-refractivity contribution is 0.0950. The number of hydrogen-bond donors (Lipinski definition) is 3. The van der Waals surface area contributed by atoms with Crippen molar-refractivity contribution in [3.8, 4) is 5.75 Å². The van der Waals surface area contributed by atoms with Crippen LogP contribution in [0.1, 0.15) is 32.9 Å². The fourth-order valence-corrected chi connectivity index (χ4v) is 2.21. The number of hydrazine groups is 1. The van der Waals surface area contributed by atoms with Crippen molar-refractivity contribution in [3.05, 3.63) is 45.2 Å². The van der Waals surface area contributed by atoms with Crippen molar-refractivity contribution in [2.75, 3.05) is 0 Å². The quantitative estimate of drug-likeness (QED) is 0.458. The van der Waals surface area contributed by atoms with Gasteiger partial charge in [-0.3, -0.25) is 15.3 Å². The van der Waals surface area contributed by atoms with Crippen molar-refractivity contribution in [1.82, 2.24) is 15.6 Å². The molecule has 0 saturated carbocycles. The van der Waals surface area contributed by atoms with Crippen LogP contribution in [0.3, 0.4) is 0 Å². The van der Waals surface area contributed by atoms with Gasteiger partial charge >= 0.3 is 0 Å². The molecule has 1 aromatic heterocycles. The average Bonchev–Trinajstić information content (AvgIpc) is 2.82. The van der Waals surface area contributed by atoms with Gasteiger partial charge in [-0.15, -0.1) is 0 Å². The number of H-pyrrole nitrogens is 1. The Hall–Kier alpha value is -2.05. The third-order valence-electron chi connectivity index (χ3n) is 3.17. The zero-order chi connectivity index (χ0) is 15.6. The summed E-state index contributed by atoms with van der Waals surface area (Å²) >= 11 is 6.12. The van der Waals surface area contributed by atoms with E-state index >= 15 is 0 Å². The molecular weight excluding hydrogens is 292 g/mol. The first-order chi connectivity index (χ1) is 9.93. The van der Waals surface area contributed by atoms with Crippen LogP contribution in [0.4, 0.5) is 0 Å². The molecule has 0 unspecified atom stereocenters. The molecule has 0 fully saturated rings. The van der Waals surface area contributed by atoms with Crippen molar-refractivity contribution < 1.29 is 9.53 Å². The van der Waals surface area contributed by atoms with E-state index in [-0.39, 0.29) is 6.61 Å². The second-order valence-electron chi connectivity index (χ2n) is 4.80.